The lowest BCUT2D eigenvalue weighted by atomic mass is 10.1. The lowest BCUT2D eigenvalue weighted by Gasteiger charge is -2.27. The lowest BCUT2D eigenvalue weighted by molar-refractivity contribution is 0.0941. The first-order chi connectivity index (χ1) is 10.8. The number of nitrogens with one attached hydrogen (secondary N) is 2. The van der Waals surface area contributed by atoms with Crippen molar-refractivity contribution in [2.45, 2.75) is 16.9 Å². The number of benzene rings is 2. The van der Waals surface area contributed by atoms with Crippen molar-refractivity contribution in [2.75, 3.05) is 5.32 Å². The Bertz CT molecular complexity index is 700. The Morgan fingerprint density at radius 3 is 2.39 bits per heavy atom. The van der Waals surface area contributed by atoms with Gasteiger partial charge in [-0.1, -0.05) is 70.7 Å². The van der Waals surface area contributed by atoms with E-state index in [2.05, 4.69) is 10.6 Å². The number of halogens is 4. The predicted molar refractivity (Wildman–Crippen MR) is 97.8 cm³/mol. The van der Waals surface area contributed by atoms with Crippen LogP contribution in [0.3, 0.4) is 0 Å². The second kappa shape index (κ2) is 7.63. The van der Waals surface area contributed by atoms with Crippen LogP contribution in [0.1, 0.15) is 15.9 Å². The maximum absolute atomic E-state index is 12.4. The highest BCUT2D eigenvalue weighted by Gasteiger charge is 2.34. The fourth-order valence-corrected chi connectivity index (χ4v) is 2.50. The minimum absolute atomic E-state index is 0.339. The van der Waals surface area contributed by atoms with Crippen molar-refractivity contribution >= 4 is 58.0 Å². The first-order valence-electron chi connectivity index (χ1n) is 6.72. The van der Waals surface area contributed by atoms with Gasteiger partial charge >= 0.3 is 0 Å². The molecule has 0 aliphatic carbocycles. The van der Waals surface area contributed by atoms with Crippen molar-refractivity contribution < 1.29 is 4.79 Å². The summed E-state index contributed by atoms with van der Waals surface area (Å²) in [4.78, 5) is 12.4. The zero-order chi connectivity index (χ0) is 17.0. The van der Waals surface area contributed by atoms with E-state index in [0.29, 0.717) is 16.3 Å². The predicted octanol–water partition coefficient (Wildman–Crippen LogP) is 5.19. The molecule has 0 saturated heterocycles. The number of carbonyl (C=O) groups is 1. The molecule has 122 valence electrons. The van der Waals surface area contributed by atoms with Gasteiger partial charge in [-0.15, -0.1) is 0 Å². The summed E-state index contributed by atoms with van der Waals surface area (Å²) in [6, 6.07) is 14.1. The van der Waals surface area contributed by atoms with Gasteiger partial charge < -0.3 is 10.6 Å². The van der Waals surface area contributed by atoms with Crippen LogP contribution in [0.4, 0.5) is 5.69 Å². The third kappa shape index (κ3) is 5.18. The largest absolute Gasteiger partial charge is 0.362 e. The molecule has 7 heteroatoms. The standard InChI is InChI=1S/C16H14Cl4N2O/c1-10-5-2-3-8-13(10)14(23)22-15(16(18,19)20)21-12-7-4-6-11(17)9-12/h2-9,15,21H,1H3,(H,22,23)/t15-/m0/s1. The molecule has 0 bridgehead atoms. The van der Waals surface area contributed by atoms with Gasteiger partial charge in [-0.05, 0) is 36.8 Å². The third-order valence-electron chi connectivity index (χ3n) is 3.13. The number of carbonyl (C=O) groups excluding carboxylic acids is 1. The molecule has 0 spiro atoms. The summed E-state index contributed by atoms with van der Waals surface area (Å²) >= 11 is 23.9. The second-order valence-electron chi connectivity index (χ2n) is 4.92. The van der Waals surface area contributed by atoms with Crippen LogP contribution in [0.25, 0.3) is 0 Å². The number of alkyl halides is 3. The molecule has 0 aliphatic heterocycles. The molecule has 0 fully saturated rings. The van der Waals surface area contributed by atoms with E-state index in [1.807, 2.05) is 19.1 Å². The van der Waals surface area contributed by atoms with E-state index in [4.69, 9.17) is 46.4 Å². The van der Waals surface area contributed by atoms with E-state index in [9.17, 15) is 4.79 Å². The summed E-state index contributed by atoms with van der Waals surface area (Å²) in [5, 5.41) is 6.19. The number of anilines is 1. The van der Waals surface area contributed by atoms with Crippen molar-refractivity contribution in [1.82, 2.24) is 5.32 Å². The van der Waals surface area contributed by atoms with Crippen LogP contribution in [0.5, 0.6) is 0 Å². The average molecular weight is 392 g/mol. The quantitative estimate of drug-likeness (QED) is 0.556. The topological polar surface area (TPSA) is 41.1 Å². The normalized spacial score (nSPS) is 12.6. The van der Waals surface area contributed by atoms with Crippen LogP contribution in [-0.2, 0) is 0 Å². The minimum Gasteiger partial charge on any atom is -0.362 e. The Hall–Kier alpha value is -1.13. The number of amides is 1. The van der Waals surface area contributed by atoms with Crippen molar-refractivity contribution in [3.63, 3.8) is 0 Å². The summed E-state index contributed by atoms with van der Waals surface area (Å²) < 4.78 is -1.75. The molecule has 0 heterocycles. The summed E-state index contributed by atoms with van der Waals surface area (Å²) in [6.45, 7) is 1.84. The number of hydrogen-bond donors (Lipinski definition) is 2. The summed E-state index contributed by atoms with van der Waals surface area (Å²) in [7, 11) is 0. The summed E-state index contributed by atoms with van der Waals surface area (Å²) in [5.74, 6) is -0.339. The van der Waals surface area contributed by atoms with Gasteiger partial charge in [-0.25, -0.2) is 0 Å². The third-order valence-corrected chi connectivity index (χ3v) is 4.02. The first kappa shape index (κ1) is 18.2. The maximum atomic E-state index is 12.4. The molecule has 0 radical (unpaired) electrons. The van der Waals surface area contributed by atoms with E-state index in [1.165, 1.54) is 0 Å². The highest BCUT2D eigenvalue weighted by atomic mass is 35.6. The lowest BCUT2D eigenvalue weighted by Crippen LogP contribution is -2.49. The molecule has 2 aromatic rings. The van der Waals surface area contributed by atoms with Gasteiger partial charge in [0, 0.05) is 16.3 Å². The van der Waals surface area contributed by atoms with Crippen molar-refractivity contribution in [3.8, 4) is 0 Å². The molecule has 2 rings (SSSR count). The van der Waals surface area contributed by atoms with Crippen LogP contribution in [0, 0.1) is 6.92 Å². The van der Waals surface area contributed by atoms with Gasteiger partial charge in [0.05, 0.1) is 0 Å². The van der Waals surface area contributed by atoms with Crippen LogP contribution >= 0.6 is 46.4 Å². The molecule has 2 aromatic carbocycles. The smallest absolute Gasteiger partial charge is 0.253 e. The maximum Gasteiger partial charge on any atom is 0.253 e. The van der Waals surface area contributed by atoms with Crippen molar-refractivity contribution in [2.24, 2.45) is 0 Å². The SMILES string of the molecule is Cc1ccccc1C(=O)N[C@H](Nc1cccc(Cl)c1)C(Cl)(Cl)Cl. The molecule has 0 aromatic heterocycles. The Morgan fingerprint density at radius 2 is 1.78 bits per heavy atom. The first-order valence-corrected chi connectivity index (χ1v) is 8.24. The molecule has 1 amide bonds. The fourth-order valence-electron chi connectivity index (χ4n) is 1.98. The van der Waals surface area contributed by atoms with Gasteiger partial charge in [0.25, 0.3) is 5.91 Å². The van der Waals surface area contributed by atoms with Crippen LogP contribution < -0.4 is 10.6 Å². The van der Waals surface area contributed by atoms with Gasteiger partial charge in [0.2, 0.25) is 3.79 Å². The highest BCUT2D eigenvalue weighted by Crippen LogP contribution is 2.31. The van der Waals surface area contributed by atoms with Gasteiger partial charge in [0.15, 0.2) is 0 Å². The fraction of sp³-hybridized carbons (Fsp3) is 0.188. The molecule has 0 unspecified atom stereocenters. The summed E-state index contributed by atoms with van der Waals surface area (Å²) in [6.07, 6.45) is -0.932. The molecule has 23 heavy (non-hydrogen) atoms. The monoisotopic (exact) mass is 390 g/mol. The Morgan fingerprint density at radius 1 is 1.09 bits per heavy atom. The second-order valence-corrected chi connectivity index (χ2v) is 7.72. The van der Waals surface area contributed by atoms with Gasteiger partial charge in [-0.3, -0.25) is 4.79 Å². The number of hydrogen-bond acceptors (Lipinski definition) is 2. The van der Waals surface area contributed by atoms with Crippen LogP contribution in [0.2, 0.25) is 5.02 Å². The van der Waals surface area contributed by atoms with E-state index in [-0.39, 0.29) is 5.91 Å². The minimum atomic E-state index is -1.75. The van der Waals surface area contributed by atoms with Crippen molar-refractivity contribution in [3.05, 3.63) is 64.7 Å². The van der Waals surface area contributed by atoms with Gasteiger partial charge in [0.1, 0.15) is 6.17 Å². The van der Waals surface area contributed by atoms with E-state index in [0.717, 1.165) is 5.56 Å². The van der Waals surface area contributed by atoms with E-state index in [1.54, 1.807) is 36.4 Å². The molecule has 2 N–H and O–H groups in total. The summed E-state index contributed by atoms with van der Waals surface area (Å²) in [5.41, 5.74) is 1.97. The zero-order valence-corrected chi connectivity index (χ0v) is 15.1. The average Bonchev–Trinajstić information content (AvgIpc) is 2.46. The molecule has 3 nitrogen and oxygen atoms in total. The van der Waals surface area contributed by atoms with Crippen molar-refractivity contribution in [1.29, 1.82) is 0 Å². The molecular weight excluding hydrogens is 378 g/mol. The molecule has 0 saturated carbocycles. The van der Waals surface area contributed by atoms with Crippen LogP contribution in [0.15, 0.2) is 48.5 Å². The van der Waals surface area contributed by atoms with E-state index >= 15 is 0 Å². The Balaban J connectivity index is 2.20. The van der Waals surface area contributed by atoms with Gasteiger partial charge in [-0.2, -0.15) is 0 Å². The molecule has 0 aliphatic rings. The molecule has 1 atom stereocenters. The number of rotatable bonds is 4. The zero-order valence-electron chi connectivity index (χ0n) is 12.1. The Labute approximate surface area is 154 Å². The van der Waals surface area contributed by atoms with E-state index < -0.39 is 9.96 Å². The molecular formula is C16H14Cl4N2O. The highest BCUT2D eigenvalue weighted by molar-refractivity contribution is 6.68. The Kier molecular flexibility index (Phi) is 6.04. The van der Waals surface area contributed by atoms with Crippen LogP contribution in [-0.4, -0.2) is 15.9 Å². The number of aryl methyl sites for hydroxylation is 1.